The molecule has 1 fully saturated rings. The molecule has 0 amide bonds. The van der Waals surface area contributed by atoms with Gasteiger partial charge >= 0.3 is 0 Å². The molecule has 88 valence electrons. The van der Waals surface area contributed by atoms with Crippen LogP contribution in [0.1, 0.15) is 11.7 Å². The van der Waals surface area contributed by atoms with Gasteiger partial charge in [-0.25, -0.2) is 4.39 Å². The third-order valence-corrected chi connectivity index (χ3v) is 2.95. The van der Waals surface area contributed by atoms with Crippen LogP contribution in [0.4, 0.5) is 4.39 Å². The van der Waals surface area contributed by atoms with Gasteiger partial charge in [0.1, 0.15) is 5.82 Å². The molecule has 0 aliphatic carbocycles. The summed E-state index contributed by atoms with van der Waals surface area (Å²) in [6.07, 6.45) is 0.109. The zero-order chi connectivity index (χ0) is 11.4. The molecule has 0 saturated carbocycles. The van der Waals surface area contributed by atoms with Gasteiger partial charge in [-0.15, -0.1) is 0 Å². The number of piperazine rings is 1. The zero-order valence-corrected chi connectivity index (χ0v) is 9.54. The molecule has 1 aromatic rings. The Morgan fingerprint density at radius 2 is 2.12 bits per heavy atom. The van der Waals surface area contributed by atoms with E-state index in [9.17, 15) is 4.39 Å². The Labute approximate surface area is 95.6 Å². The Balaban J connectivity index is 2.14. The topological polar surface area (TPSA) is 27.3 Å². The van der Waals surface area contributed by atoms with Crippen LogP contribution in [0.2, 0.25) is 0 Å². The molecule has 1 aliphatic heterocycles. The molecule has 2 N–H and O–H groups in total. The first-order valence-corrected chi connectivity index (χ1v) is 5.69. The third kappa shape index (κ3) is 2.58. The Bertz CT molecular complexity index is 337. The molecule has 2 rings (SSSR count). The van der Waals surface area contributed by atoms with Crippen molar-refractivity contribution in [3.05, 3.63) is 35.6 Å². The summed E-state index contributed by atoms with van der Waals surface area (Å²) in [7, 11) is 1.91. The molecular formula is C12H18FN3. The van der Waals surface area contributed by atoms with Crippen molar-refractivity contribution in [2.75, 3.05) is 33.2 Å². The van der Waals surface area contributed by atoms with E-state index in [1.54, 1.807) is 12.1 Å². The summed E-state index contributed by atoms with van der Waals surface area (Å²) in [6, 6.07) is 6.81. The minimum absolute atomic E-state index is 0.109. The lowest BCUT2D eigenvalue weighted by Gasteiger charge is -2.34. The van der Waals surface area contributed by atoms with E-state index in [1.165, 1.54) is 6.07 Å². The maximum Gasteiger partial charge on any atom is 0.123 e. The largest absolute Gasteiger partial charge is 0.314 e. The van der Waals surface area contributed by atoms with Crippen LogP contribution in [0, 0.1) is 5.82 Å². The van der Waals surface area contributed by atoms with Crippen LogP contribution in [0.3, 0.4) is 0 Å². The SMILES string of the molecule is CNC(c1cccc(F)c1)N1CCNCC1. The van der Waals surface area contributed by atoms with E-state index in [4.69, 9.17) is 0 Å². The number of halogens is 1. The Morgan fingerprint density at radius 3 is 2.75 bits per heavy atom. The average molecular weight is 223 g/mol. The molecule has 1 atom stereocenters. The second-order valence-electron chi connectivity index (χ2n) is 4.03. The molecule has 3 nitrogen and oxygen atoms in total. The summed E-state index contributed by atoms with van der Waals surface area (Å²) in [5.41, 5.74) is 0.990. The highest BCUT2D eigenvalue weighted by Crippen LogP contribution is 2.18. The highest BCUT2D eigenvalue weighted by Gasteiger charge is 2.20. The van der Waals surface area contributed by atoms with E-state index in [0.717, 1.165) is 31.7 Å². The van der Waals surface area contributed by atoms with Gasteiger partial charge in [-0.2, -0.15) is 0 Å². The summed E-state index contributed by atoms with van der Waals surface area (Å²) in [5, 5.41) is 6.56. The number of benzene rings is 1. The van der Waals surface area contributed by atoms with Crippen molar-refractivity contribution in [2.45, 2.75) is 6.17 Å². The van der Waals surface area contributed by atoms with Crippen molar-refractivity contribution in [3.8, 4) is 0 Å². The van der Waals surface area contributed by atoms with Crippen molar-refractivity contribution >= 4 is 0 Å². The van der Waals surface area contributed by atoms with E-state index < -0.39 is 0 Å². The van der Waals surface area contributed by atoms with Crippen molar-refractivity contribution in [3.63, 3.8) is 0 Å². The van der Waals surface area contributed by atoms with Gasteiger partial charge in [0.05, 0.1) is 6.17 Å². The Kier molecular flexibility index (Phi) is 3.88. The quantitative estimate of drug-likeness (QED) is 0.799. The van der Waals surface area contributed by atoms with E-state index in [0.29, 0.717) is 0 Å². The summed E-state index contributed by atoms with van der Waals surface area (Å²) in [5.74, 6) is -0.173. The number of hydrogen-bond donors (Lipinski definition) is 2. The summed E-state index contributed by atoms with van der Waals surface area (Å²) in [6.45, 7) is 3.96. The molecule has 1 heterocycles. The first-order valence-electron chi connectivity index (χ1n) is 5.69. The van der Waals surface area contributed by atoms with Gasteiger partial charge in [-0.1, -0.05) is 12.1 Å². The lowest BCUT2D eigenvalue weighted by Crippen LogP contribution is -2.48. The van der Waals surface area contributed by atoms with Crippen molar-refractivity contribution in [1.29, 1.82) is 0 Å². The molecule has 0 radical (unpaired) electrons. The highest BCUT2D eigenvalue weighted by molar-refractivity contribution is 5.19. The second-order valence-corrected chi connectivity index (χ2v) is 4.03. The second kappa shape index (κ2) is 5.39. The van der Waals surface area contributed by atoms with Gasteiger partial charge in [-0.05, 0) is 24.7 Å². The lowest BCUT2D eigenvalue weighted by atomic mass is 10.1. The first kappa shape index (κ1) is 11.5. The molecule has 0 aromatic heterocycles. The normalized spacial score (nSPS) is 19.6. The number of nitrogens with zero attached hydrogens (tertiary/aromatic N) is 1. The van der Waals surface area contributed by atoms with E-state index >= 15 is 0 Å². The average Bonchev–Trinajstić information content (AvgIpc) is 2.31. The van der Waals surface area contributed by atoms with Crippen LogP contribution >= 0.6 is 0 Å². The molecular weight excluding hydrogens is 205 g/mol. The van der Waals surface area contributed by atoms with E-state index in [1.807, 2.05) is 13.1 Å². The van der Waals surface area contributed by atoms with Crippen LogP contribution < -0.4 is 10.6 Å². The minimum atomic E-state index is -0.173. The van der Waals surface area contributed by atoms with Crippen LogP contribution in [-0.4, -0.2) is 38.1 Å². The fourth-order valence-electron chi connectivity index (χ4n) is 2.18. The van der Waals surface area contributed by atoms with Gasteiger partial charge in [0, 0.05) is 26.2 Å². The minimum Gasteiger partial charge on any atom is -0.314 e. The Hall–Kier alpha value is -0.970. The number of nitrogens with one attached hydrogen (secondary N) is 2. The molecule has 0 spiro atoms. The summed E-state index contributed by atoms with van der Waals surface area (Å²) < 4.78 is 13.2. The van der Waals surface area contributed by atoms with Gasteiger partial charge in [0.2, 0.25) is 0 Å². The maximum atomic E-state index is 13.2. The van der Waals surface area contributed by atoms with Crippen LogP contribution in [-0.2, 0) is 0 Å². The molecule has 1 saturated heterocycles. The standard InChI is InChI=1S/C12H18FN3/c1-14-12(16-7-5-15-6-8-16)10-3-2-4-11(13)9-10/h2-4,9,12,14-15H,5-8H2,1H3. The summed E-state index contributed by atoms with van der Waals surface area (Å²) >= 11 is 0. The summed E-state index contributed by atoms with van der Waals surface area (Å²) in [4.78, 5) is 2.32. The van der Waals surface area contributed by atoms with Crippen molar-refractivity contribution in [2.24, 2.45) is 0 Å². The van der Waals surface area contributed by atoms with E-state index in [2.05, 4.69) is 15.5 Å². The molecule has 16 heavy (non-hydrogen) atoms. The first-order chi connectivity index (χ1) is 7.81. The van der Waals surface area contributed by atoms with Gasteiger partial charge in [-0.3, -0.25) is 4.90 Å². The number of hydrogen-bond acceptors (Lipinski definition) is 3. The molecule has 4 heteroatoms. The molecule has 1 aromatic carbocycles. The smallest absolute Gasteiger partial charge is 0.123 e. The predicted molar refractivity (Wildman–Crippen MR) is 62.6 cm³/mol. The lowest BCUT2D eigenvalue weighted by molar-refractivity contribution is 0.153. The van der Waals surface area contributed by atoms with Crippen LogP contribution in [0.15, 0.2) is 24.3 Å². The molecule has 1 aliphatic rings. The van der Waals surface area contributed by atoms with Crippen LogP contribution in [0.5, 0.6) is 0 Å². The van der Waals surface area contributed by atoms with E-state index in [-0.39, 0.29) is 12.0 Å². The zero-order valence-electron chi connectivity index (χ0n) is 9.54. The van der Waals surface area contributed by atoms with Crippen LogP contribution in [0.25, 0.3) is 0 Å². The predicted octanol–water partition coefficient (Wildman–Crippen LogP) is 0.949. The highest BCUT2D eigenvalue weighted by atomic mass is 19.1. The number of rotatable bonds is 3. The Morgan fingerprint density at radius 1 is 1.38 bits per heavy atom. The maximum absolute atomic E-state index is 13.2. The molecule has 1 unspecified atom stereocenters. The fourth-order valence-corrected chi connectivity index (χ4v) is 2.18. The third-order valence-electron chi connectivity index (χ3n) is 2.95. The molecule has 0 bridgehead atoms. The van der Waals surface area contributed by atoms with Gasteiger partial charge in [0.15, 0.2) is 0 Å². The van der Waals surface area contributed by atoms with Crippen molar-refractivity contribution in [1.82, 2.24) is 15.5 Å². The fraction of sp³-hybridized carbons (Fsp3) is 0.500. The monoisotopic (exact) mass is 223 g/mol. The van der Waals surface area contributed by atoms with Crippen molar-refractivity contribution < 1.29 is 4.39 Å². The van der Waals surface area contributed by atoms with Gasteiger partial charge in [0.25, 0.3) is 0 Å². The van der Waals surface area contributed by atoms with Gasteiger partial charge < -0.3 is 10.6 Å².